The molecule has 0 unspecified atom stereocenters. The lowest BCUT2D eigenvalue weighted by Crippen LogP contribution is -2.47. The first-order chi connectivity index (χ1) is 23.6. The molecule has 10 nitrogen and oxygen atoms in total. The van der Waals surface area contributed by atoms with Gasteiger partial charge in [-0.15, -0.1) is 0 Å². The fourth-order valence-corrected chi connectivity index (χ4v) is 6.50. The first-order valence-corrected chi connectivity index (χ1v) is 17.3. The lowest BCUT2D eigenvalue weighted by molar-refractivity contribution is -0.137. The van der Waals surface area contributed by atoms with Gasteiger partial charge in [0, 0.05) is 39.0 Å². The minimum absolute atomic E-state index is 0.0244. The number of carbonyl (C=O) groups excluding carboxylic acids is 2. The number of rotatable bonds is 14. The number of ether oxygens (including phenoxy) is 3. The molecule has 0 spiro atoms. The minimum atomic E-state index is -1.02. The van der Waals surface area contributed by atoms with Crippen LogP contribution in [0.15, 0.2) is 78.9 Å². The van der Waals surface area contributed by atoms with Crippen LogP contribution in [0.3, 0.4) is 0 Å². The fourth-order valence-electron chi connectivity index (χ4n) is 6.50. The first-order valence-electron chi connectivity index (χ1n) is 17.3. The van der Waals surface area contributed by atoms with E-state index in [1.54, 1.807) is 25.7 Å². The van der Waals surface area contributed by atoms with Crippen molar-refractivity contribution in [2.24, 2.45) is 0 Å². The van der Waals surface area contributed by atoms with Crippen molar-refractivity contribution in [1.82, 2.24) is 15.1 Å². The van der Waals surface area contributed by atoms with E-state index in [2.05, 4.69) is 10.2 Å². The molecule has 3 N–H and O–H groups in total. The summed E-state index contributed by atoms with van der Waals surface area (Å²) in [4.78, 5) is 30.9. The van der Waals surface area contributed by atoms with E-state index in [0.717, 1.165) is 60.9 Å². The Labute approximate surface area is 290 Å². The third-order valence-corrected chi connectivity index (χ3v) is 9.00. The number of nitrogens with one attached hydrogen (secondary N) is 1. The number of hydrogen-bond acceptors (Lipinski definition) is 8. The number of hydrogen-bond donors (Lipinski definition) is 3. The van der Waals surface area contributed by atoms with E-state index >= 15 is 0 Å². The molecule has 2 amide bonds. The van der Waals surface area contributed by atoms with Crippen LogP contribution in [0.2, 0.25) is 0 Å². The average Bonchev–Trinajstić information content (AvgIpc) is 3.41. The zero-order valence-corrected chi connectivity index (χ0v) is 28.9. The van der Waals surface area contributed by atoms with Gasteiger partial charge in [-0.3, -0.25) is 9.69 Å². The summed E-state index contributed by atoms with van der Waals surface area (Å²) in [5.74, 6) is 0.563. The van der Waals surface area contributed by atoms with Crippen LogP contribution in [0.1, 0.15) is 61.9 Å². The number of amides is 2. The number of carbonyl (C=O) groups is 2. The molecule has 1 heterocycles. The zero-order valence-electron chi connectivity index (χ0n) is 28.9. The Morgan fingerprint density at radius 2 is 1.67 bits per heavy atom. The van der Waals surface area contributed by atoms with Crippen molar-refractivity contribution in [3.8, 4) is 5.75 Å². The van der Waals surface area contributed by atoms with Gasteiger partial charge < -0.3 is 34.6 Å². The summed E-state index contributed by atoms with van der Waals surface area (Å²) < 4.78 is 16.9. The zero-order chi connectivity index (χ0) is 34.8. The molecule has 1 aliphatic carbocycles. The molecule has 264 valence electrons. The molecule has 3 aromatic carbocycles. The van der Waals surface area contributed by atoms with Crippen molar-refractivity contribution in [3.63, 3.8) is 0 Å². The summed E-state index contributed by atoms with van der Waals surface area (Å²) >= 11 is 0. The van der Waals surface area contributed by atoms with Gasteiger partial charge in [-0.25, -0.2) is 4.79 Å². The van der Waals surface area contributed by atoms with Gasteiger partial charge in [0.05, 0.1) is 37.5 Å². The average molecular weight is 674 g/mol. The summed E-state index contributed by atoms with van der Waals surface area (Å²) in [5.41, 5.74) is 3.09. The van der Waals surface area contributed by atoms with Crippen molar-refractivity contribution in [3.05, 3.63) is 101 Å². The lowest BCUT2D eigenvalue weighted by atomic mass is 9.97. The van der Waals surface area contributed by atoms with Crippen LogP contribution in [0, 0.1) is 0 Å². The Kier molecular flexibility index (Phi) is 12.7. The van der Waals surface area contributed by atoms with Gasteiger partial charge in [0.25, 0.3) is 0 Å². The molecular weight excluding hydrogens is 622 g/mol. The van der Waals surface area contributed by atoms with Gasteiger partial charge in [0.15, 0.2) is 0 Å². The van der Waals surface area contributed by atoms with Gasteiger partial charge in [0.2, 0.25) is 5.91 Å². The van der Waals surface area contributed by atoms with E-state index in [9.17, 15) is 19.8 Å². The topological polar surface area (TPSA) is 121 Å². The Morgan fingerprint density at radius 3 is 2.39 bits per heavy atom. The molecular formula is C39H51N3O7. The normalized spacial score (nSPS) is 19.0. The number of benzene rings is 3. The van der Waals surface area contributed by atoms with E-state index in [4.69, 9.17) is 14.2 Å². The summed E-state index contributed by atoms with van der Waals surface area (Å²) in [6.45, 7) is 10.4. The van der Waals surface area contributed by atoms with E-state index < -0.39 is 36.0 Å². The highest BCUT2D eigenvalue weighted by molar-refractivity contribution is 5.77. The molecule has 49 heavy (non-hydrogen) atoms. The number of alkyl carbamates (subject to hydrolysis) is 1. The molecule has 2 aliphatic rings. The predicted octanol–water partition coefficient (Wildman–Crippen LogP) is 4.66. The monoisotopic (exact) mass is 673 g/mol. The largest absolute Gasteiger partial charge is 0.492 e. The van der Waals surface area contributed by atoms with Crippen LogP contribution in [0.25, 0.3) is 0 Å². The molecule has 0 aromatic heterocycles. The fraction of sp³-hybridized carbons (Fsp3) is 0.487. The lowest BCUT2D eigenvalue weighted by Gasteiger charge is -2.33. The Morgan fingerprint density at radius 1 is 0.980 bits per heavy atom. The predicted molar refractivity (Wildman–Crippen MR) is 187 cm³/mol. The van der Waals surface area contributed by atoms with E-state index in [1.807, 2.05) is 78.9 Å². The molecule has 1 aliphatic heterocycles. The highest BCUT2D eigenvalue weighted by Crippen LogP contribution is 2.37. The number of fused-ring (bicyclic) bond motifs is 1. The minimum Gasteiger partial charge on any atom is -0.492 e. The second kappa shape index (κ2) is 17.1. The summed E-state index contributed by atoms with van der Waals surface area (Å²) in [6.07, 6.45) is -1.43. The molecule has 1 fully saturated rings. The van der Waals surface area contributed by atoms with E-state index in [-0.39, 0.29) is 25.3 Å². The number of aliphatic hydroxyl groups excluding tert-OH is 2. The van der Waals surface area contributed by atoms with Crippen molar-refractivity contribution in [1.29, 1.82) is 0 Å². The Hall–Kier alpha value is -3.96. The van der Waals surface area contributed by atoms with Gasteiger partial charge >= 0.3 is 6.09 Å². The number of morpholine rings is 1. The Bertz CT molecular complexity index is 1490. The third-order valence-electron chi connectivity index (χ3n) is 9.00. The van der Waals surface area contributed by atoms with Gasteiger partial charge in [-0.05, 0) is 68.0 Å². The van der Waals surface area contributed by atoms with Crippen LogP contribution in [0.5, 0.6) is 5.75 Å². The highest BCUT2D eigenvalue weighted by Gasteiger charge is 2.38. The van der Waals surface area contributed by atoms with E-state index in [1.165, 1.54) is 0 Å². The van der Waals surface area contributed by atoms with E-state index in [0.29, 0.717) is 19.4 Å². The third kappa shape index (κ3) is 10.8. The Balaban J connectivity index is 1.27. The number of nitrogens with zero attached hydrogens (tertiary/aromatic N) is 2. The second-order valence-corrected chi connectivity index (χ2v) is 13.9. The molecule has 1 saturated heterocycles. The molecule has 0 saturated carbocycles. The molecule has 0 radical (unpaired) electrons. The summed E-state index contributed by atoms with van der Waals surface area (Å²) in [7, 11) is 0. The van der Waals surface area contributed by atoms with Crippen LogP contribution >= 0.6 is 0 Å². The maximum absolute atomic E-state index is 14.1. The first kappa shape index (κ1) is 36.3. The summed E-state index contributed by atoms with van der Waals surface area (Å²) in [5, 5.41) is 25.5. The molecule has 3 aromatic rings. The van der Waals surface area contributed by atoms with Crippen LogP contribution < -0.4 is 10.1 Å². The molecule has 4 atom stereocenters. The van der Waals surface area contributed by atoms with Gasteiger partial charge in [0.1, 0.15) is 18.0 Å². The smallest absolute Gasteiger partial charge is 0.407 e. The highest BCUT2D eigenvalue weighted by atomic mass is 16.6. The maximum Gasteiger partial charge on any atom is 0.407 e. The SMILES string of the molecule is CC(C)(C)OC(=O)N[C@@H](Cc1ccccc1)[C@@H](O)CCC(=O)N(Cc1ccc(OCCN2CCOCC2)cc1)[C@@H]1c2ccccc2C[C@H]1O. The van der Waals surface area contributed by atoms with Crippen LogP contribution in [-0.4, -0.2) is 95.3 Å². The second-order valence-electron chi connectivity index (χ2n) is 13.9. The van der Waals surface area contributed by atoms with Crippen molar-refractivity contribution >= 4 is 12.0 Å². The van der Waals surface area contributed by atoms with Crippen LogP contribution in [0.4, 0.5) is 4.79 Å². The maximum atomic E-state index is 14.1. The van der Waals surface area contributed by atoms with Gasteiger partial charge in [-0.2, -0.15) is 0 Å². The van der Waals surface area contributed by atoms with Crippen molar-refractivity contribution in [2.75, 3.05) is 39.5 Å². The quantitative estimate of drug-likeness (QED) is 0.226. The molecule has 0 bridgehead atoms. The van der Waals surface area contributed by atoms with Gasteiger partial charge in [-0.1, -0.05) is 66.7 Å². The van der Waals surface area contributed by atoms with Crippen molar-refractivity contribution < 1.29 is 34.0 Å². The molecule has 10 heteroatoms. The summed E-state index contributed by atoms with van der Waals surface area (Å²) in [6, 6.07) is 23.9. The van der Waals surface area contributed by atoms with Crippen LogP contribution in [-0.2, 0) is 33.7 Å². The van der Waals surface area contributed by atoms with Crippen molar-refractivity contribution in [2.45, 2.75) is 82.9 Å². The number of aliphatic hydroxyl groups is 2. The standard InChI is InChI=1S/C39H51N3O7/c1-39(2,3)49-38(46)40-33(25-28-9-5-4-6-10-28)34(43)17-18-36(45)42(37-32-12-8-7-11-30(32)26-35(37)44)27-29-13-15-31(16-14-29)48-24-21-41-19-22-47-23-20-41/h4-16,33-35,37,43-44H,17-27H2,1-3H3,(H,40,46)/t33-,34-,35+,37+/m0/s1. The molecule has 5 rings (SSSR count).